The Kier molecular flexibility index (Phi) is 9.43. The van der Waals surface area contributed by atoms with Gasteiger partial charge >= 0.3 is 0 Å². The predicted molar refractivity (Wildman–Crippen MR) is 188 cm³/mol. The molecule has 0 unspecified atom stereocenters. The van der Waals surface area contributed by atoms with E-state index in [-0.39, 0.29) is 63.2 Å². The molecule has 3 aromatic heterocycles. The first kappa shape index (κ1) is 38.8. The maximum Gasteiger partial charge on any atom is 0.293 e. The van der Waals surface area contributed by atoms with Gasteiger partial charge in [0.05, 0.1) is 28.9 Å². The number of hydrogen-bond acceptors (Lipinski definition) is 7. The van der Waals surface area contributed by atoms with E-state index in [1.807, 2.05) is 0 Å². The molecule has 5 aromatic rings. The summed E-state index contributed by atoms with van der Waals surface area (Å²) in [6.07, 6.45) is -2.72. The van der Waals surface area contributed by atoms with Gasteiger partial charge < -0.3 is 10.4 Å². The van der Waals surface area contributed by atoms with Crippen molar-refractivity contribution in [3.05, 3.63) is 93.8 Å². The highest BCUT2D eigenvalue weighted by Gasteiger charge is 2.67. The molecule has 1 fully saturated rings. The zero-order valence-electron chi connectivity index (χ0n) is 29.9. The molecule has 2 aliphatic rings. The van der Waals surface area contributed by atoms with Gasteiger partial charge in [0.1, 0.15) is 46.7 Å². The standard InChI is InChI=1S/C37H32F7N7O4S/c1-36(2,53)10-9-20-5-6-21(22-7-8-25(40)29-32(22)50(3)48-35(29)49-56(4,54)55)30(45-20)26(13-17-11-18(38)14-19(39)12-17)46-27(52)16-51-33-28(31(47-51)34(41)42)23-15-24(23)37(33,43)44/h5-8,11-12,14,23-24,26,34,53H,13,15-16H2,1-4H3,(H,46,52)(H,48,49)/t23-,24+,26-/m0/s1. The number of amides is 1. The van der Waals surface area contributed by atoms with E-state index in [4.69, 9.17) is 0 Å². The number of nitrogens with one attached hydrogen (secondary N) is 2. The second-order valence-electron chi connectivity index (χ2n) is 14.4. The molecule has 3 atom stereocenters. The van der Waals surface area contributed by atoms with Crippen LogP contribution in [-0.4, -0.2) is 55.8 Å². The van der Waals surface area contributed by atoms with Gasteiger partial charge in [-0.25, -0.2) is 35.4 Å². The fourth-order valence-electron chi connectivity index (χ4n) is 7.23. The van der Waals surface area contributed by atoms with Crippen molar-refractivity contribution >= 4 is 32.7 Å². The number of hydrogen-bond donors (Lipinski definition) is 3. The molecule has 11 nitrogen and oxygen atoms in total. The fraction of sp³-hybridized carbons (Fsp3) is 0.351. The van der Waals surface area contributed by atoms with Crippen molar-refractivity contribution in [3.63, 3.8) is 0 Å². The van der Waals surface area contributed by atoms with Crippen LogP contribution in [0.5, 0.6) is 0 Å². The quantitative estimate of drug-likeness (QED) is 0.116. The third kappa shape index (κ3) is 7.42. The number of pyridine rings is 1. The van der Waals surface area contributed by atoms with Gasteiger partial charge in [0.2, 0.25) is 15.9 Å². The van der Waals surface area contributed by atoms with Crippen LogP contribution in [0.4, 0.5) is 36.6 Å². The summed E-state index contributed by atoms with van der Waals surface area (Å²) < 4.78 is 131. The van der Waals surface area contributed by atoms with Gasteiger partial charge in [0, 0.05) is 35.7 Å². The lowest BCUT2D eigenvalue weighted by Crippen LogP contribution is -2.35. The number of nitrogens with zero attached hydrogens (tertiary/aromatic N) is 5. The van der Waals surface area contributed by atoms with Gasteiger partial charge in [-0.05, 0) is 80.5 Å². The summed E-state index contributed by atoms with van der Waals surface area (Å²) in [6.45, 7) is 1.87. The molecule has 294 valence electrons. The highest BCUT2D eigenvalue weighted by Crippen LogP contribution is 2.68. The van der Waals surface area contributed by atoms with Gasteiger partial charge in [-0.15, -0.1) is 0 Å². The highest BCUT2D eigenvalue weighted by molar-refractivity contribution is 7.92. The number of benzene rings is 2. The Hall–Kier alpha value is -5.48. The van der Waals surface area contributed by atoms with Gasteiger partial charge in [-0.1, -0.05) is 5.92 Å². The molecule has 2 aromatic carbocycles. The number of aliphatic hydroxyl groups is 1. The molecule has 3 heterocycles. The van der Waals surface area contributed by atoms with Crippen molar-refractivity contribution in [2.75, 3.05) is 11.0 Å². The molecule has 7 rings (SSSR count). The summed E-state index contributed by atoms with van der Waals surface area (Å²) in [7, 11) is -2.52. The zero-order chi connectivity index (χ0) is 40.6. The molecular formula is C37H32F7N7O4S. The number of aryl methyl sites for hydroxylation is 1. The van der Waals surface area contributed by atoms with Crippen LogP contribution in [0.1, 0.15) is 72.6 Å². The molecule has 56 heavy (non-hydrogen) atoms. The number of fused-ring (bicyclic) bond motifs is 4. The summed E-state index contributed by atoms with van der Waals surface area (Å²) >= 11 is 0. The van der Waals surface area contributed by atoms with Crippen molar-refractivity contribution in [3.8, 4) is 23.0 Å². The van der Waals surface area contributed by atoms with Crippen LogP contribution in [0.2, 0.25) is 0 Å². The highest BCUT2D eigenvalue weighted by atomic mass is 32.2. The van der Waals surface area contributed by atoms with E-state index in [0.717, 1.165) is 24.5 Å². The van der Waals surface area contributed by atoms with E-state index in [0.29, 0.717) is 10.7 Å². The van der Waals surface area contributed by atoms with Crippen LogP contribution < -0.4 is 10.0 Å². The second-order valence-corrected chi connectivity index (χ2v) is 16.1. The van der Waals surface area contributed by atoms with E-state index in [1.165, 1.54) is 43.8 Å². The first-order chi connectivity index (χ1) is 26.1. The Morgan fingerprint density at radius 1 is 1.05 bits per heavy atom. The smallest absolute Gasteiger partial charge is 0.293 e. The number of anilines is 1. The van der Waals surface area contributed by atoms with Gasteiger partial charge in [-0.3, -0.25) is 18.9 Å². The number of sulfonamides is 1. The van der Waals surface area contributed by atoms with E-state index < -0.39 is 87.1 Å². The van der Waals surface area contributed by atoms with Gasteiger partial charge in [0.25, 0.3) is 12.3 Å². The van der Waals surface area contributed by atoms with Gasteiger partial charge in [-0.2, -0.15) is 19.0 Å². The average molecular weight is 804 g/mol. The van der Waals surface area contributed by atoms with E-state index in [1.54, 1.807) is 0 Å². The van der Waals surface area contributed by atoms with Crippen molar-refractivity contribution in [2.45, 2.75) is 63.1 Å². The number of halogens is 7. The van der Waals surface area contributed by atoms with E-state index in [9.17, 15) is 35.9 Å². The van der Waals surface area contributed by atoms with Crippen LogP contribution in [0, 0.1) is 35.2 Å². The maximum absolute atomic E-state index is 15.5. The van der Waals surface area contributed by atoms with Crippen molar-refractivity contribution < 1.29 is 49.1 Å². The Morgan fingerprint density at radius 3 is 2.38 bits per heavy atom. The molecule has 0 saturated heterocycles. The van der Waals surface area contributed by atoms with E-state index in [2.05, 4.69) is 37.1 Å². The first-order valence-corrected chi connectivity index (χ1v) is 18.9. The van der Waals surface area contributed by atoms with E-state index >= 15 is 13.2 Å². The molecule has 1 saturated carbocycles. The third-order valence-electron chi connectivity index (χ3n) is 9.42. The monoisotopic (exact) mass is 803 g/mol. The van der Waals surface area contributed by atoms with Crippen molar-refractivity contribution in [1.82, 2.24) is 29.9 Å². The summed E-state index contributed by atoms with van der Waals surface area (Å²) in [5, 5.41) is 20.6. The summed E-state index contributed by atoms with van der Waals surface area (Å²) in [4.78, 5) is 18.5. The predicted octanol–water partition coefficient (Wildman–Crippen LogP) is 5.99. The molecular weight excluding hydrogens is 772 g/mol. The molecule has 2 aliphatic carbocycles. The van der Waals surface area contributed by atoms with Crippen LogP contribution in [0.15, 0.2) is 42.5 Å². The summed E-state index contributed by atoms with van der Waals surface area (Å²) in [6, 6.07) is 6.51. The Labute approximate surface area is 315 Å². The SMILES string of the molecule is Cn1nc(NS(C)(=O)=O)c2c(F)ccc(-c3ccc(C#CC(C)(C)O)nc3[C@H](Cc3cc(F)cc(F)c3)NC(=O)Cn3nc(C(F)F)c4c3C(F)(F)[C@@H]3C[C@H]43)c21. The lowest BCUT2D eigenvalue weighted by atomic mass is 9.93. The molecule has 0 aliphatic heterocycles. The fourth-order valence-corrected chi connectivity index (χ4v) is 7.73. The maximum atomic E-state index is 15.5. The molecule has 0 radical (unpaired) electrons. The molecule has 1 amide bonds. The zero-order valence-corrected chi connectivity index (χ0v) is 30.8. The first-order valence-electron chi connectivity index (χ1n) is 17.0. The molecule has 19 heteroatoms. The second kappa shape index (κ2) is 13.6. The summed E-state index contributed by atoms with van der Waals surface area (Å²) in [5.41, 5.74) is -2.99. The third-order valence-corrected chi connectivity index (χ3v) is 9.98. The minimum Gasteiger partial charge on any atom is -0.378 e. The normalized spacial score (nSPS) is 17.7. The Bertz CT molecular complexity index is 2590. The molecule has 3 N–H and O–H groups in total. The van der Waals surface area contributed by atoms with Crippen molar-refractivity contribution in [1.29, 1.82) is 0 Å². The minimum atomic E-state index is -3.94. The van der Waals surface area contributed by atoms with Crippen molar-refractivity contribution in [2.24, 2.45) is 13.0 Å². The van der Waals surface area contributed by atoms with Crippen LogP contribution >= 0.6 is 0 Å². The van der Waals surface area contributed by atoms with Gasteiger partial charge in [0.15, 0.2) is 5.82 Å². The number of alkyl halides is 4. The number of carbonyl (C=O) groups excluding carboxylic acids is 1. The molecule has 0 bridgehead atoms. The summed E-state index contributed by atoms with van der Waals surface area (Å²) in [5.74, 6) is -4.34. The molecule has 0 spiro atoms. The lowest BCUT2D eigenvalue weighted by molar-refractivity contribution is -0.123. The lowest BCUT2D eigenvalue weighted by Gasteiger charge is -2.23. The Morgan fingerprint density at radius 2 is 1.73 bits per heavy atom. The number of rotatable bonds is 10. The largest absolute Gasteiger partial charge is 0.378 e. The number of aromatic nitrogens is 5. The van der Waals surface area contributed by atoms with Crippen LogP contribution in [-0.2, 0) is 40.8 Å². The van der Waals surface area contributed by atoms with Crippen LogP contribution in [0.25, 0.3) is 22.0 Å². The van der Waals surface area contributed by atoms with Crippen LogP contribution in [0.3, 0.4) is 0 Å². The average Bonchev–Trinajstić information content (AvgIpc) is 3.62. The Balaban J connectivity index is 1.39. The minimum absolute atomic E-state index is 0.00412. The number of carbonyl (C=O) groups is 1. The topological polar surface area (TPSA) is 144 Å².